The molecule has 0 bridgehead atoms. The second-order valence-electron chi connectivity index (χ2n) is 7.30. The summed E-state index contributed by atoms with van der Waals surface area (Å²) in [6, 6.07) is 0.889. The molecule has 2 rings (SSSR count). The lowest BCUT2D eigenvalue weighted by atomic mass is 9.94. The van der Waals surface area contributed by atoms with Gasteiger partial charge in [-0.15, -0.1) is 0 Å². The fourth-order valence-electron chi connectivity index (χ4n) is 3.00. The number of aliphatic hydroxyl groups excluding tert-OH is 1. The maximum Gasteiger partial charge on any atom is 0.410 e. The van der Waals surface area contributed by atoms with Crippen LogP contribution in [0.4, 0.5) is 4.79 Å². The molecule has 2 atom stereocenters. The van der Waals surface area contributed by atoms with E-state index in [0.717, 1.165) is 25.8 Å². The quantitative estimate of drug-likeness (QED) is 0.817. The normalized spacial score (nSPS) is 24.8. The van der Waals surface area contributed by atoms with Crippen molar-refractivity contribution in [3.05, 3.63) is 0 Å². The molecule has 1 aliphatic heterocycles. The van der Waals surface area contributed by atoms with Crippen LogP contribution in [-0.2, 0) is 4.74 Å². The number of nitrogens with zero attached hydrogens (tertiary/aromatic N) is 1. The predicted molar refractivity (Wildman–Crippen MR) is 82.2 cm³/mol. The second kappa shape index (κ2) is 6.97. The Hall–Kier alpha value is -0.810. The van der Waals surface area contributed by atoms with Crippen molar-refractivity contribution in [3.8, 4) is 0 Å². The summed E-state index contributed by atoms with van der Waals surface area (Å²) in [5, 5.41) is 12.9. The second-order valence-corrected chi connectivity index (χ2v) is 7.30. The molecule has 1 saturated heterocycles. The fraction of sp³-hybridized carbons (Fsp3) is 0.938. The van der Waals surface area contributed by atoms with E-state index in [1.807, 2.05) is 25.7 Å². The van der Waals surface area contributed by atoms with Gasteiger partial charge in [-0.2, -0.15) is 0 Å². The SMILES string of the molecule is CC(C)(C)OC(=O)N1CCCC[C@H]1[C@H](CCO)NC1CC1. The molecule has 5 nitrogen and oxygen atoms in total. The Balaban J connectivity index is 2.03. The molecule has 0 spiro atoms. The molecule has 21 heavy (non-hydrogen) atoms. The minimum Gasteiger partial charge on any atom is -0.444 e. The lowest BCUT2D eigenvalue weighted by molar-refractivity contribution is 0.00320. The molecule has 0 radical (unpaired) electrons. The number of rotatable bonds is 5. The van der Waals surface area contributed by atoms with E-state index in [1.165, 1.54) is 12.8 Å². The number of aliphatic hydroxyl groups is 1. The van der Waals surface area contributed by atoms with Gasteiger partial charge in [0.05, 0.1) is 6.04 Å². The molecule has 2 N–H and O–H groups in total. The zero-order valence-electron chi connectivity index (χ0n) is 13.6. The van der Waals surface area contributed by atoms with Crippen molar-refractivity contribution in [1.29, 1.82) is 0 Å². The Labute approximate surface area is 128 Å². The maximum atomic E-state index is 12.4. The molecule has 0 aromatic rings. The van der Waals surface area contributed by atoms with E-state index in [4.69, 9.17) is 4.74 Å². The Morgan fingerprint density at radius 1 is 1.33 bits per heavy atom. The van der Waals surface area contributed by atoms with Gasteiger partial charge in [-0.25, -0.2) is 4.79 Å². The minimum atomic E-state index is -0.463. The third kappa shape index (κ3) is 5.15. The first-order chi connectivity index (χ1) is 9.90. The predicted octanol–water partition coefficient (Wildman–Crippen LogP) is 2.28. The molecule has 0 aromatic heterocycles. The third-order valence-electron chi connectivity index (χ3n) is 4.11. The summed E-state index contributed by atoms with van der Waals surface area (Å²) < 4.78 is 5.55. The highest BCUT2D eigenvalue weighted by molar-refractivity contribution is 5.68. The molecule has 0 aromatic carbocycles. The van der Waals surface area contributed by atoms with Crippen LogP contribution in [0.2, 0.25) is 0 Å². The van der Waals surface area contributed by atoms with Gasteiger partial charge in [0.25, 0.3) is 0 Å². The summed E-state index contributed by atoms with van der Waals surface area (Å²) in [5.74, 6) is 0. The van der Waals surface area contributed by atoms with E-state index >= 15 is 0 Å². The van der Waals surface area contributed by atoms with Crippen molar-refractivity contribution in [3.63, 3.8) is 0 Å². The summed E-state index contributed by atoms with van der Waals surface area (Å²) >= 11 is 0. The Morgan fingerprint density at radius 3 is 2.62 bits per heavy atom. The van der Waals surface area contributed by atoms with Gasteiger partial charge in [-0.05, 0) is 59.3 Å². The smallest absolute Gasteiger partial charge is 0.410 e. The first-order valence-corrected chi connectivity index (χ1v) is 8.27. The number of nitrogens with one attached hydrogen (secondary N) is 1. The Kier molecular flexibility index (Phi) is 5.49. The van der Waals surface area contributed by atoms with Crippen LogP contribution in [-0.4, -0.2) is 53.0 Å². The summed E-state index contributed by atoms with van der Waals surface area (Å²) in [6.07, 6.45) is 6.06. The average molecular weight is 298 g/mol. The molecular formula is C16H30N2O3. The lowest BCUT2D eigenvalue weighted by Gasteiger charge is -2.41. The van der Waals surface area contributed by atoms with Crippen molar-refractivity contribution in [2.75, 3.05) is 13.2 Å². The van der Waals surface area contributed by atoms with Crippen LogP contribution >= 0.6 is 0 Å². The number of ether oxygens (including phenoxy) is 1. The van der Waals surface area contributed by atoms with Gasteiger partial charge in [0.15, 0.2) is 0 Å². The van der Waals surface area contributed by atoms with E-state index in [-0.39, 0.29) is 24.8 Å². The van der Waals surface area contributed by atoms with Crippen LogP contribution in [0.25, 0.3) is 0 Å². The van der Waals surface area contributed by atoms with Crippen molar-refractivity contribution < 1.29 is 14.6 Å². The van der Waals surface area contributed by atoms with Gasteiger partial charge in [0.1, 0.15) is 5.60 Å². The van der Waals surface area contributed by atoms with E-state index in [9.17, 15) is 9.90 Å². The third-order valence-corrected chi connectivity index (χ3v) is 4.11. The number of carbonyl (C=O) groups excluding carboxylic acids is 1. The zero-order valence-corrected chi connectivity index (χ0v) is 13.6. The lowest BCUT2D eigenvalue weighted by Crippen LogP contribution is -2.56. The average Bonchev–Trinajstić information content (AvgIpc) is 3.20. The van der Waals surface area contributed by atoms with Crippen LogP contribution < -0.4 is 5.32 Å². The van der Waals surface area contributed by atoms with Gasteiger partial charge >= 0.3 is 6.09 Å². The van der Waals surface area contributed by atoms with E-state index in [2.05, 4.69) is 5.32 Å². The number of piperidine rings is 1. The number of amides is 1. The monoisotopic (exact) mass is 298 g/mol. The standard InChI is InChI=1S/C16H30N2O3/c1-16(2,3)21-15(20)18-10-5-4-6-14(18)13(9-11-19)17-12-7-8-12/h12-14,17,19H,4-11H2,1-3H3/t13-,14-/m0/s1. The molecule has 1 saturated carbocycles. The molecule has 122 valence electrons. The summed E-state index contributed by atoms with van der Waals surface area (Å²) in [6.45, 7) is 6.61. The molecular weight excluding hydrogens is 268 g/mol. The molecule has 2 fully saturated rings. The first kappa shape index (κ1) is 16.6. The number of carbonyl (C=O) groups is 1. The molecule has 1 aliphatic carbocycles. The van der Waals surface area contributed by atoms with Crippen LogP contribution in [0, 0.1) is 0 Å². The fourth-order valence-corrected chi connectivity index (χ4v) is 3.00. The van der Waals surface area contributed by atoms with E-state index in [1.54, 1.807) is 0 Å². The van der Waals surface area contributed by atoms with E-state index in [0.29, 0.717) is 12.5 Å². The van der Waals surface area contributed by atoms with Crippen molar-refractivity contribution in [2.24, 2.45) is 0 Å². The van der Waals surface area contributed by atoms with Crippen molar-refractivity contribution >= 4 is 6.09 Å². The zero-order chi connectivity index (χ0) is 15.5. The van der Waals surface area contributed by atoms with Crippen molar-refractivity contribution in [2.45, 2.75) is 83.0 Å². The van der Waals surface area contributed by atoms with Gasteiger partial charge in [0.2, 0.25) is 0 Å². The molecule has 1 amide bonds. The Bertz CT molecular complexity index is 350. The van der Waals surface area contributed by atoms with Gasteiger partial charge in [-0.3, -0.25) is 0 Å². The molecule has 5 heteroatoms. The largest absolute Gasteiger partial charge is 0.444 e. The summed E-state index contributed by atoms with van der Waals surface area (Å²) in [7, 11) is 0. The first-order valence-electron chi connectivity index (χ1n) is 8.27. The van der Waals surface area contributed by atoms with Crippen LogP contribution in [0.5, 0.6) is 0 Å². The Morgan fingerprint density at radius 2 is 2.05 bits per heavy atom. The summed E-state index contributed by atoms with van der Waals surface area (Å²) in [4.78, 5) is 14.3. The van der Waals surface area contributed by atoms with Crippen molar-refractivity contribution in [1.82, 2.24) is 10.2 Å². The van der Waals surface area contributed by atoms with Crippen LogP contribution in [0.1, 0.15) is 59.3 Å². The maximum absolute atomic E-state index is 12.4. The number of hydrogen-bond acceptors (Lipinski definition) is 4. The molecule has 2 aliphatic rings. The highest BCUT2D eigenvalue weighted by Crippen LogP contribution is 2.27. The highest BCUT2D eigenvalue weighted by atomic mass is 16.6. The number of hydrogen-bond donors (Lipinski definition) is 2. The van der Waals surface area contributed by atoms with Gasteiger partial charge in [0, 0.05) is 25.2 Å². The molecule has 1 heterocycles. The topological polar surface area (TPSA) is 61.8 Å². The van der Waals surface area contributed by atoms with Gasteiger partial charge in [-0.1, -0.05) is 0 Å². The van der Waals surface area contributed by atoms with Crippen LogP contribution in [0.3, 0.4) is 0 Å². The van der Waals surface area contributed by atoms with E-state index < -0.39 is 5.60 Å². The molecule has 0 unspecified atom stereocenters. The number of likely N-dealkylation sites (tertiary alicyclic amines) is 1. The summed E-state index contributed by atoms with van der Waals surface area (Å²) in [5.41, 5.74) is -0.463. The highest BCUT2D eigenvalue weighted by Gasteiger charge is 2.37. The van der Waals surface area contributed by atoms with Crippen LogP contribution in [0.15, 0.2) is 0 Å². The minimum absolute atomic E-state index is 0.140. The van der Waals surface area contributed by atoms with Gasteiger partial charge < -0.3 is 20.1 Å².